The predicted molar refractivity (Wildman–Crippen MR) is 65.7 cm³/mol. The number of hydrogen-bond acceptors (Lipinski definition) is 4. The number of aromatic amines is 1. The van der Waals surface area contributed by atoms with Gasteiger partial charge in [-0.1, -0.05) is 20.8 Å². The Morgan fingerprint density at radius 2 is 2.06 bits per heavy atom. The van der Waals surface area contributed by atoms with Gasteiger partial charge in [0.15, 0.2) is 5.03 Å². The number of sulfonamides is 1. The molecule has 0 aliphatic carbocycles. The molecule has 17 heavy (non-hydrogen) atoms. The first-order valence-corrected chi connectivity index (χ1v) is 6.81. The molecule has 0 aromatic carbocycles. The highest BCUT2D eigenvalue weighted by atomic mass is 32.2. The SMILES string of the molecule is CN(CC(C)(C)C)S(=O)(=O)c1[nH]ncc1CN. The molecule has 1 aromatic heterocycles. The minimum absolute atomic E-state index is 0.0896. The summed E-state index contributed by atoms with van der Waals surface area (Å²) in [6.45, 7) is 6.52. The number of aromatic nitrogens is 2. The van der Waals surface area contributed by atoms with Crippen LogP contribution in [0.5, 0.6) is 0 Å². The third kappa shape index (κ3) is 3.27. The molecular weight excluding hydrogens is 240 g/mol. The number of rotatable bonds is 4. The highest BCUT2D eigenvalue weighted by molar-refractivity contribution is 7.89. The number of H-pyrrole nitrogens is 1. The fourth-order valence-electron chi connectivity index (χ4n) is 1.58. The van der Waals surface area contributed by atoms with E-state index in [-0.39, 0.29) is 17.0 Å². The highest BCUT2D eigenvalue weighted by Gasteiger charge is 2.28. The average Bonchev–Trinajstić information content (AvgIpc) is 2.62. The summed E-state index contributed by atoms with van der Waals surface area (Å²) in [5.74, 6) is 0. The van der Waals surface area contributed by atoms with Crippen molar-refractivity contribution in [2.24, 2.45) is 11.1 Å². The molecule has 1 aromatic rings. The molecule has 0 fully saturated rings. The lowest BCUT2D eigenvalue weighted by molar-refractivity contribution is 0.310. The van der Waals surface area contributed by atoms with Crippen LogP contribution in [0.15, 0.2) is 11.2 Å². The molecule has 0 spiro atoms. The molecule has 0 saturated heterocycles. The molecular formula is C10H20N4O2S. The van der Waals surface area contributed by atoms with Crippen molar-refractivity contribution in [1.82, 2.24) is 14.5 Å². The lowest BCUT2D eigenvalue weighted by Gasteiger charge is -2.25. The number of nitrogens with zero attached hydrogens (tertiary/aromatic N) is 2. The predicted octanol–water partition coefficient (Wildman–Crippen LogP) is 0.535. The van der Waals surface area contributed by atoms with Gasteiger partial charge < -0.3 is 5.73 Å². The number of nitrogens with two attached hydrogens (primary N) is 1. The Morgan fingerprint density at radius 1 is 1.47 bits per heavy atom. The zero-order valence-electron chi connectivity index (χ0n) is 10.7. The monoisotopic (exact) mass is 260 g/mol. The first kappa shape index (κ1) is 14.1. The Labute approximate surface area is 102 Å². The Bertz CT molecular complexity index is 473. The molecule has 0 bridgehead atoms. The van der Waals surface area contributed by atoms with Crippen LogP contribution in [0.3, 0.4) is 0 Å². The quantitative estimate of drug-likeness (QED) is 0.826. The minimum atomic E-state index is -3.54. The summed E-state index contributed by atoms with van der Waals surface area (Å²) in [4.78, 5) is 0. The second-order valence-electron chi connectivity index (χ2n) is 5.25. The topological polar surface area (TPSA) is 92.1 Å². The van der Waals surface area contributed by atoms with Crippen molar-refractivity contribution < 1.29 is 8.42 Å². The first-order chi connectivity index (χ1) is 7.68. The lowest BCUT2D eigenvalue weighted by Crippen LogP contribution is -2.35. The molecule has 7 heteroatoms. The maximum Gasteiger partial charge on any atom is 0.260 e. The number of hydrogen-bond donors (Lipinski definition) is 2. The van der Waals surface area contributed by atoms with Gasteiger partial charge in [0, 0.05) is 25.7 Å². The fraction of sp³-hybridized carbons (Fsp3) is 0.700. The average molecular weight is 260 g/mol. The molecule has 0 saturated carbocycles. The van der Waals surface area contributed by atoms with Gasteiger partial charge in [-0.15, -0.1) is 0 Å². The van der Waals surface area contributed by atoms with Crippen LogP contribution in [0.2, 0.25) is 0 Å². The highest BCUT2D eigenvalue weighted by Crippen LogP contribution is 2.21. The second kappa shape index (κ2) is 4.75. The fourth-order valence-corrected chi connectivity index (χ4v) is 3.08. The van der Waals surface area contributed by atoms with Crippen molar-refractivity contribution in [1.29, 1.82) is 0 Å². The van der Waals surface area contributed by atoms with Crippen LogP contribution in [0.25, 0.3) is 0 Å². The third-order valence-corrected chi connectivity index (χ3v) is 4.08. The third-order valence-electron chi connectivity index (χ3n) is 2.26. The molecule has 0 radical (unpaired) electrons. The van der Waals surface area contributed by atoms with E-state index in [1.54, 1.807) is 7.05 Å². The van der Waals surface area contributed by atoms with Crippen molar-refractivity contribution in [3.63, 3.8) is 0 Å². The molecule has 98 valence electrons. The Kier molecular flexibility index (Phi) is 3.95. The van der Waals surface area contributed by atoms with Gasteiger partial charge in [0.25, 0.3) is 10.0 Å². The maximum absolute atomic E-state index is 12.2. The summed E-state index contributed by atoms with van der Waals surface area (Å²) >= 11 is 0. The van der Waals surface area contributed by atoms with Crippen LogP contribution in [-0.4, -0.2) is 36.5 Å². The zero-order valence-corrected chi connectivity index (χ0v) is 11.5. The van der Waals surface area contributed by atoms with Crippen molar-refractivity contribution >= 4 is 10.0 Å². The molecule has 0 unspecified atom stereocenters. The van der Waals surface area contributed by atoms with Gasteiger partial charge in [-0.05, 0) is 5.41 Å². The Balaban J connectivity index is 3.04. The van der Waals surface area contributed by atoms with E-state index in [1.807, 2.05) is 20.8 Å². The maximum atomic E-state index is 12.2. The normalized spacial score (nSPS) is 13.3. The minimum Gasteiger partial charge on any atom is -0.326 e. The molecule has 3 N–H and O–H groups in total. The molecule has 1 heterocycles. The van der Waals surface area contributed by atoms with Crippen molar-refractivity contribution in [2.45, 2.75) is 32.3 Å². The standard InChI is InChI=1S/C10H20N4O2S/c1-10(2,3)7-14(4)17(15,16)9-8(5-11)6-12-13-9/h6H,5,7,11H2,1-4H3,(H,12,13). The first-order valence-electron chi connectivity index (χ1n) is 5.37. The summed E-state index contributed by atoms with van der Waals surface area (Å²) in [7, 11) is -1.98. The molecule has 0 atom stereocenters. The van der Waals surface area contributed by atoms with Gasteiger partial charge in [-0.3, -0.25) is 5.10 Å². The van der Waals surface area contributed by atoms with Crippen LogP contribution < -0.4 is 5.73 Å². The van der Waals surface area contributed by atoms with Gasteiger partial charge in [0.05, 0.1) is 6.20 Å². The lowest BCUT2D eigenvalue weighted by atomic mass is 9.97. The smallest absolute Gasteiger partial charge is 0.260 e. The molecule has 1 rings (SSSR count). The van der Waals surface area contributed by atoms with Gasteiger partial charge in [0.1, 0.15) is 0 Å². The van der Waals surface area contributed by atoms with E-state index in [2.05, 4.69) is 10.2 Å². The van der Waals surface area contributed by atoms with Crippen molar-refractivity contribution in [3.8, 4) is 0 Å². The van der Waals surface area contributed by atoms with E-state index in [4.69, 9.17) is 5.73 Å². The van der Waals surface area contributed by atoms with Crippen LogP contribution in [-0.2, 0) is 16.6 Å². The van der Waals surface area contributed by atoms with Crippen LogP contribution >= 0.6 is 0 Å². The van der Waals surface area contributed by atoms with E-state index in [0.717, 1.165) is 0 Å². The molecule has 0 aliphatic heterocycles. The van der Waals surface area contributed by atoms with Gasteiger partial charge >= 0.3 is 0 Å². The molecule has 0 aliphatic rings. The van der Waals surface area contributed by atoms with Crippen molar-refractivity contribution in [2.75, 3.05) is 13.6 Å². The summed E-state index contributed by atoms with van der Waals surface area (Å²) in [6.07, 6.45) is 1.44. The van der Waals surface area contributed by atoms with Gasteiger partial charge in [0.2, 0.25) is 0 Å². The molecule has 6 nitrogen and oxygen atoms in total. The van der Waals surface area contributed by atoms with E-state index < -0.39 is 10.0 Å². The van der Waals surface area contributed by atoms with Crippen LogP contribution in [0.1, 0.15) is 26.3 Å². The summed E-state index contributed by atoms with van der Waals surface area (Å²) in [6, 6.07) is 0. The molecule has 0 amide bonds. The van der Waals surface area contributed by atoms with Gasteiger partial charge in [-0.25, -0.2) is 8.42 Å². The largest absolute Gasteiger partial charge is 0.326 e. The Morgan fingerprint density at radius 3 is 2.53 bits per heavy atom. The van der Waals surface area contributed by atoms with E-state index in [1.165, 1.54) is 10.5 Å². The van der Waals surface area contributed by atoms with E-state index in [9.17, 15) is 8.42 Å². The Hall–Kier alpha value is -0.920. The van der Waals surface area contributed by atoms with Crippen LogP contribution in [0, 0.1) is 5.41 Å². The van der Waals surface area contributed by atoms with Crippen molar-refractivity contribution in [3.05, 3.63) is 11.8 Å². The zero-order chi connectivity index (χ0) is 13.3. The summed E-state index contributed by atoms with van der Waals surface area (Å²) < 4.78 is 25.8. The van der Waals surface area contributed by atoms with Gasteiger partial charge in [-0.2, -0.15) is 9.40 Å². The van der Waals surface area contributed by atoms with E-state index >= 15 is 0 Å². The summed E-state index contributed by atoms with van der Waals surface area (Å²) in [5, 5.41) is 6.32. The summed E-state index contributed by atoms with van der Waals surface area (Å²) in [5.41, 5.74) is 5.88. The van der Waals surface area contributed by atoms with Crippen LogP contribution in [0.4, 0.5) is 0 Å². The van der Waals surface area contributed by atoms with E-state index in [0.29, 0.717) is 12.1 Å². The second-order valence-corrected chi connectivity index (χ2v) is 7.23. The number of nitrogens with one attached hydrogen (secondary N) is 1.